The summed E-state index contributed by atoms with van der Waals surface area (Å²) in [4.78, 5) is 30.2. The van der Waals surface area contributed by atoms with Crippen LogP contribution in [0.3, 0.4) is 0 Å². The molecule has 0 saturated carbocycles. The largest absolute Gasteiger partial charge is 0.465 e. The third kappa shape index (κ3) is 4.37. The zero-order valence-corrected chi connectivity index (χ0v) is 18.1. The Labute approximate surface area is 176 Å². The van der Waals surface area contributed by atoms with Gasteiger partial charge in [0.05, 0.1) is 6.61 Å². The molecule has 0 saturated heterocycles. The second-order valence-corrected chi connectivity index (χ2v) is 7.60. The van der Waals surface area contributed by atoms with Gasteiger partial charge in [0, 0.05) is 27.9 Å². The molecule has 6 heteroatoms. The molecule has 1 aromatic carbocycles. The lowest BCUT2D eigenvalue weighted by Gasteiger charge is -2.17. The van der Waals surface area contributed by atoms with E-state index in [1.807, 2.05) is 0 Å². The van der Waals surface area contributed by atoms with E-state index in [1.165, 1.54) is 17.7 Å². The van der Waals surface area contributed by atoms with Crippen molar-refractivity contribution in [3.05, 3.63) is 46.9 Å². The summed E-state index contributed by atoms with van der Waals surface area (Å²) in [7, 11) is 0. The molecule has 160 valence electrons. The molecule has 30 heavy (non-hydrogen) atoms. The number of rotatable bonds is 7. The van der Waals surface area contributed by atoms with Crippen molar-refractivity contribution in [1.82, 2.24) is 4.57 Å². The number of fused-ring (bicyclic) bond motifs is 1. The van der Waals surface area contributed by atoms with Gasteiger partial charge in [-0.1, -0.05) is 13.0 Å². The number of esters is 1. The first-order valence-electron chi connectivity index (χ1n) is 10.6. The van der Waals surface area contributed by atoms with Crippen molar-refractivity contribution < 1.29 is 18.7 Å². The summed E-state index contributed by atoms with van der Waals surface area (Å²) < 4.78 is 20.8. The van der Waals surface area contributed by atoms with Gasteiger partial charge in [-0.3, -0.25) is 14.6 Å². The Kier molecular flexibility index (Phi) is 6.85. The summed E-state index contributed by atoms with van der Waals surface area (Å²) in [5.41, 5.74) is 3.87. The molecule has 1 aromatic heterocycles. The molecule has 0 bridgehead atoms. The quantitative estimate of drug-likeness (QED) is 0.465. The van der Waals surface area contributed by atoms with E-state index in [2.05, 4.69) is 13.0 Å². The van der Waals surface area contributed by atoms with Crippen LogP contribution in [0.5, 0.6) is 0 Å². The van der Waals surface area contributed by atoms with E-state index in [1.54, 1.807) is 31.4 Å². The highest BCUT2D eigenvalue weighted by atomic mass is 19.1. The van der Waals surface area contributed by atoms with Crippen LogP contribution in [-0.4, -0.2) is 34.7 Å². The maximum atomic E-state index is 14.0. The third-order valence-corrected chi connectivity index (χ3v) is 5.61. The maximum Gasteiger partial charge on any atom is 0.325 e. The Morgan fingerprint density at radius 1 is 1.30 bits per heavy atom. The molecule has 0 amide bonds. The van der Waals surface area contributed by atoms with Crippen LogP contribution in [0.1, 0.15) is 62.5 Å². The molecule has 0 radical (unpaired) electrons. The molecule has 0 N–H and O–H groups in total. The number of carbonyl (C=O) groups is 2. The van der Waals surface area contributed by atoms with Crippen LogP contribution in [0.2, 0.25) is 0 Å². The minimum absolute atomic E-state index is 0.0271. The van der Waals surface area contributed by atoms with Crippen LogP contribution < -0.4 is 0 Å². The first-order chi connectivity index (χ1) is 14.4. The molecule has 1 unspecified atom stereocenters. The van der Waals surface area contributed by atoms with Gasteiger partial charge in [-0.15, -0.1) is 0 Å². The Morgan fingerprint density at radius 3 is 2.77 bits per heavy atom. The van der Waals surface area contributed by atoms with Crippen LogP contribution >= 0.6 is 0 Å². The van der Waals surface area contributed by atoms with Crippen LogP contribution in [0.4, 0.5) is 4.39 Å². The van der Waals surface area contributed by atoms with Crippen molar-refractivity contribution in [1.29, 1.82) is 0 Å². The van der Waals surface area contributed by atoms with E-state index in [9.17, 15) is 14.0 Å². The standard InChI is InChI=1S/C24H29FN2O3/c1-5-17-9-7-8-10-20(17)26-15(3)24(29)23-16(4)27(14-22(28)30-6-2)21-12-11-18(25)13-19(21)23/h9,11-13,15H,5-8,10,14H2,1-4H3. The van der Waals surface area contributed by atoms with E-state index in [-0.39, 0.29) is 18.9 Å². The van der Waals surface area contributed by atoms with Gasteiger partial charge in [-0.2, -0.15) is 0 Å². The van der Waals surface area contributed by atoms with Gasteiger partial charge >= 0.3 is 5.97 Å². The van der Waals surface area contributed by atoms with E-state index in [0.29, 0.717) is 22.2 Å². The van der Waals surface area contributed by atoms with Gasteiger partial charge in [-0.25, -0.2) is 4.39 Å². The topological polar surface area (TPSA) is 60.7 Å². The van der Waals surface area contributed by atoms with Crippen molar-refractivity contribution >= 4 is 28.4 Å². The highest BCUT2D eigenvalue weighted by Crippen LogP contribution is 2.29. The fourth-order valence-electron chi connectivity index (χ4n) is 4.13. The normalized spacial score (nSPS) is 16.6. The average Bonchev–Trinajstić information content (AvgIpc) is 2.98. The van der Waals surface area contributed by atoms with Crippen LogP contribution in [0, 0.1) is 12.7 Å². The summed E-state index contributed by atoms with van der Waals surface area (Å²) >= 11 is 0. The Bertz CT molecular complexity index is 1030. The molecule has 5 nitrogen and oxygen atoms in total. The predicted octanol–water partition coefficient (Wildman–Crippen LogP) is 5.18. The lowest BCUT2D eigenvalue weighted by Crippen LogP contribution is -2.20. The molecule has 1 aliphatic rings. The molecule has 3 rings (SSSR count). The van der Waals surface area contributed by atoms with Crippen molar-refractivity contribution in [2.75, 3.05) is 6.61 Å². The zero-order chi connectivity index (χ0) is 21.8. The fourth-order valence-corrected chi connectivity index (χ4v) is 4.13. The first kappa shape index (κ1) is 21.9. The minimum Gasteiger partial charge on any atom is -0.465 e. The van der Waals surface area contributed by atoms with Crippen LogP contribution in [-0.2, 0) is 16.1 Å². The number of aliphatic imine (C=N–C) groups is 1. The van der Waals surface area contributed by atoms with Crippen LogP contribution in [0.15, 0.2) is 34.8 Å². The maximum absolute atomic E-state index is 14.0. The van der Waals surface area contributed by atoms with E-state index >= 15 is 0 Å². The van der Waals surface area contributed by atoms with Gasteiger partial charge in [-0.05, 0) is 70.2 Å². The number of halogens is 1. The number of hydrogen-bond donors (Lipinski definition) is 0. The van der Waals surface area contributed by atoms with Gasteiger partial charge < -0.3 is 9.30 Å². The molecular weight excluding hydrogens is 383 g/mol. The summed E-state index contributed by atoms with van der Waals surface area (Å²) in [6.45, 7) is 7.65. The van der Waals surface area contributed by atoms with Crippen LogP contribution in [0.25, 0.3) is 10.9 Å². The number of ether oxygens (including phenoxy) is 1. The Hall–Kier alpha value is -2.76. The summed E-state index contributed by atoms with van der Waals surface area (Å²) in [5.74, 6) is -0.986. The molecule has 0 spiro atoms. The van der Waals surface area contributed by atoms with Crippen molar-refractivity contribution in [2.24, 2.45) is 4.99 Å². The minimum atomic E-state index is -0.586. The fraction of sp³-hybridized carbons (Fsp3) is 0.458. The SMILES string of the molecule is CCOC(=O)Cn1c(C)c(C(=O)C(C)N=C2CCCC=C2CC)c2cc(F)ccc21. The van der Waals surface area contributed by atoms with E-state index in [4.69, 9.17) is 9.73 Å². The lowest BCUT2D eigenvalue weighted by molar-refractivity contribution is -0.143. The van der Waals surface area contributed by atoms with Crippen molar-refractivity contribution in [3.63, 3.8) is 0 Å². The van der Waals surface area contributed by atoms with Crippen molar-refractivity contribution in [2.45, 2.75) is 66.0 Å². The summed E-state index contributed by atoms with van der Waals surface area (Å²) in [5, 5.41) is 0.503. The van der Waals surface area contributed by atoms with Gasteiger partial charge in [0.15, 0.2) is 5.78 Å². The number of Topliss-reactive ketones (excluding diaryl/α,β-unsaturated/α-hetero) is 1. The van der Waals surface area contributed by atoms with Gasteiger partial charge in [0.2, 0.25) is 0 Å². The summed E-state index contributed by atoms with van der Waals surface area (Å²) in [6, 6.07) is 3.71. The molecule has 1 heterocycles. The number of benzene rings is 1. The predicted molar refractivity (Wildman–Crippen MR) is 117 cm³/mol. The van der Waals surface area contributed by atoms with E-state index in [0.717, 1.165) is 31.4 Å². The highest BCUT2D eigenvalue weighted by Gasteiger charge is 2.26. The molecule has 1 atom stereocenters. The second-order valence-electron chi connectivity index (χ2n) is 7.60. The number of aromatic nitrogens is 1. The molecule has 0 fully saturated rings. The molecule has 0 aliphatic heterocycles. The first-order valence-corrected chi connectivity index (χ1v) is 10.6. The molecule has 2 aromatic rings. The van der Waals surface area contributed by atoms with Crippen molar-refractivity contribution in [3.8, 4) is 0 Å². The Balaban J connectivity index is 2.04. The van der Waals surface area contributed by atoms with Gasteiger partial charge in [0.1, 0.15) is 18.4 Å². The molecular formula is C24H29FN2O3. The smallest absolute Gasteiger partial charge is 0.325 e. The number of ketones is 1. The zero-order valence-electron chi connectivity index (χ0n) is 18.1. The second kappa shape index (κ2) is 9.37. The van der Waals surface area contributed by atoms with E-state index < -0.39 is 17.8 Å². The monoisotopic (exact) mass is 412 g/mol. The number of allylic oxidation sites excluding steroid dienone is 2. The summed E-state index contributed by atoms with van der Waals surface area (Å²) in [6.07, 6.45) is 6.04. The van der Waals surface area contributed by atoms with Gasteiger partial charge in [0.25, 0.3) is 0 Å². The molecule has 1 aliphatic carbocycles. The highest BCUT2D eigenvalue weighted by molar-refractivity contribution is 6.13. The number of nitrogens with zero attached hydrogens (tertiary/aromatic N) is 2. The lowest BCUT2D eigenvalue weighted by atomic mass is 9.94. The third-order valence-electron chi connectivity index (χ3n) is 5.61. The number of carbonyl (C=O) groups excluding carboxylic acids is 2. The Morgan fingerprint density at radius 2 is 2.07 bits per heavy atom. The number of hydrogen-bond acceptors (Lipinski definition) is 4. The average molecular weight is 413 g/mol.